The van der Waals surface area contributed by atoms with Gasteiger partial charge in [-0.05, 0) is 98.8 Å². The van der Waals surface area contributed by atoms with Gasteiger partial charge in [0.15, 0.2) is 5.65 Å². The van der Waals surface area contributed by atoms with Crippen LogP contribution in [0.25, 0.3) is 11.2 Å². The number of carbonyl (C=O) groups excluding carboxylic acids is 4. The highest BCUT2D eigenvalue weighted by molar-refractivity contribution is 6.23. The zero-order chi connectivity index (χ0) is 38.1. The van der Waals surface area contributed by atoms with Gasteiger partial charge in [-0.3, -0.25) is 34.3 Å². The summed E-state index contributed by atoms with van der Waals surface area (Å²) in [7, 11) is 0. The van der Waals surface area contributed by atoms with Crippen LogP contribution in [-0.4, -0.2) is 117 Å². The Bertz CT molecular complexity index is 2290. The summed E-state index contributed by atoms with van der Waals surface area (Å²) in [6.45, 7) is 7.59. The first-order chi connectivity index (χ1) is 27.3. The molecule has 13 nitrogen and oxygen atoms in total. The van der Waals surface area contributed by atoms with Crippen molar-refractivity contribution in [2.24, 2.45) is 5.92 Å². The summed E-state index contributed by atoms with van der Waals surface area (Å²) in [6.07, 6.45) is 8.76. The Morgan fingerprint density at radius 1 is 0.857 bits per heavy atom. The fourth-order valence-electron chi connectivity index (χ4n) is 9.76. The minimum absolute atomic E-state index is 0.101. The number of nitrogens with one attached hydrogen (secondary N) is 1. The highest BCUT2D eigenvalue weighted by atomic mass is 19.1. The largest absolute Gasteiger partial charge is 0.371 e. The molecule has 0 radical (unpaired) electrons. The number of likely N-dealkylation sites (tertiary alicyclic amines) is 1. The second-order valence-corrected chi connectivity index (χ2v) is 16.2. The average Bonchev–Trinajstić information content (AvgIpc) is 4.00. The van der Waals surface area contributed by atoms with Crippen LogP contribution in [0.5, 0.6) is 0 Å². The van der Waals surface area contributed by atoms with E-state index in [2.05, 4.69) is 36.0 Å². The van der Waals surface area contributed by atoms with Crippen LogP contribution >= 0.6 is 0 Å². The second-order valence-electron chi connectivity index (χ2n) is 16.2. The molecule has 8 heterocycles. The van der Waals surface area contributed by atoms with Gasteiger partial charge in [-0.15, -0.1) is 5.10 Å². The molecule has 4 amide bonds. The molecule has 4 aromatic rings. The van der Waals surface area contributed by atoms with Gasteiger partial charge in [0.1, 0.15) is 17.7 Å². The number of nitrogens with zero attached hydrogens (tertiary/aromatic N) is 8. The molecule has 2 atom stereocenters. The highest BCUT2D eigenvalue weighted by Gasteiger charge is 2.45. The number of halogens is 1. The van der Waals surface area contributed by atoms with Gasteiger partial charge in [0.25, 0.3) is 11.8 Å². The zero-order valence-electron chi connectivity index (χ0n) is 31.1. The second kappa shape index (κ2) is 13.9. The Morgan fingerprint density at radius 2 is 1.70 bits per heavy atom. The van der Waals surface area contributed by atoms with Crippen molar-refractivity contribution < 1.29 is 23.6 Å². The summed E-state index contributed by atoms with van der Waals surface area (Å²) in [5.74, 6) is -0.730. The number of piperidine rings is 2. The molecular formula is C42H44FN9O4. The van der Waals surface area contributed by atoms with Crippen LogP contribution < -0.4 is 15.1 Å². The molecule has 1 unspecified atom stereocenters. The van der Waals surface area contributed by atoms with Gasteiger partial charge in [-0.25, -0.2) is 13.9 Å². The number of amides is 4. The highest BCUT2D eigenvalue weighted by Crippen LogP contribution is 2.37. The number of anilines is 2. The Balaban J connectivity index is 0.717. The third-order valence-electron chi connectivity index (χ3n) is 12.7. The first-order valence-electron chi connectivity index (χ1n) is 19.9. The minimum Gasteiger partial charge on any atom is -0.371 e. The number of hydrogen-bond acceptors (Lipinski definition) is 10. The molecular weight excluding hydrogens is 714 g/mol. The van der Waals surface area contributed by atoms with Crippen LogP contribution in [0.15, 0.2) is 66.9 Å². The summed E-state index contributed by atoms with van der Waals surface area (Å²) >= 11 is 0. The van der Waals surface area contributed by atoms with E-state index in [-0.39, 0.29) is 30.6 Å². The first kappa shape index (κ1) is 35.0. The number of benzene rings is 2. The van der Waals surface area contributed by atoms with Crippen LogP contribution in [0.2, 0.25) is 0 Å². The molecule has 14 heteroatoms. The molecule has 4 saturated heterocycles. The molecule has 2 aromatic heterocycles. The number of aromatic nitrogens is 3. The molecule has 288 valence electrons. The van der Waals surface area contributed by atoms with Crippen molar-refractivity contribution >= 4 is 46.4 Å². The third kappa shape index (κ3) is 6.15. The maximum absolute atomic E-state index is 14.1. The van der Waals surface area contributed by atoms with E-state index >= 15 is 0 Å². The fourth-order valence-corrected chi connectivity index (χ4v) is 9.76. The van der Waals surface area contributed by atoms with Gasteiger partial charge in [0.05, 0.1) is 29.1 Å². The lowest BCUT2D eigenvalue weighted by atomic mass is 9.95. The molecule has 6 aliphatic heterocycles. The van der Waals surface area contributed by atoms with E-state index in [1.54, 1.807) is 24.3 Å². The Morgan fingerprint density at radius 3 is 2.52 bits per heavy atom. The predicted octanol–water partition coefficient (Wildman–Crippen LogP) is 3.91. The van der Waals surface area contributed by atoms with Crippen LogP contribution in [-0.2, 0) is 9.59 Å². The lowest BCUT2D eigenvalue weighted by Crippen LogP contribution is -2.54. The topological polar surface area (TPSA) is 127 Å². The van der Waals surface area contributed by atoms with Crippen LogP contribution in [0.3, 0.4) is 0 Å². The van der Waals surface area contributed by atoms with Gasteiger partial charge in [-0.2, -0.15) is 0 Å². The molecule has 0 saturated carbocycles. The fraction of sp³-hybridized carbons (Fsp3) is 0.429. The Kier molecular flexibility index (Phi) is 8.70. The number of fused-ring (bicyclic) bond motifs is 2. The molecule has 0 aliphatic carbocycles. The molecule has 0 bridgehead atoms. The van der Waals surface area contributed by atoms with Crippen LogP contribution in [0.1, 0.15) is 76.5 Å². The van der Waals surface area contributed by atoms with Crippen LogP contribution in [0, 0.1) is 11.7 Å². The van der Waals surface area contributed by atoms with Crippen molar-refractivity contribution in [2.75, 3.05) is 62.2 Å². The molecule has 0 spiro atoms. The summed E-state index contributed by atoms with van der Waals surface area (Å²) in [4.78, 5) is 65.9. The van der Waals surface area contributed by atoms with E-state index in [4.69, 9.17) is 5.10 Å². The lowest BCUT2D eigenvalue weighted by Gasteiger charge is -2.45. The molecule has 10 rings (SSSR count). The first-order valence-corrected chi connectivity index (χ1v) is 19.9. The van der Waals surface area contributed by atoms with Crippen LogP contribution in [0.4, 0.5) is 15.9 Å². The summed E-state index contributed by atoms with van der Waals surface area (Å²) < 4.78 is 16.1. The number of imidazole rings is 1. The minimum atomic E-state index is -0.961. The molecule has 6 aliphatic rings. The van der Waals surface area contributed by atoms with Crippen molar-refractivity contribution in [3.63, 3.8) is 0 Å². The van der Waals surface area contributed by atoms with E-state index in [1.807, 2.05) is 35.0 Å². The standard InChI is InChI=1S/C42H44FN9O4/c43-29-4-1-3-27(19-29)34-5-2-15-50(34)38-10-9-37-44-21-36(52(37)46-38)28-12-18-48(25-28)30-13-16-47(17-14-30)22-26-23-49(24-26)31-6-7-32-33(20-31)42(56)51(41(32)55)35-8-11-39(53)45-40(35)54/h1,3-4,6-7,9-10,12,19-21,26,30,34-35H,2,5,8,11,13-18,22-25H2,(H,45,53,54)/t34-,35?/m1/s1. The SMILES string of the molecule is O=C1CCC(N2C(=O)c3ccc(N4CC(CN5CCC(N6CC=C(c7cnc8ccc(N9CCC[C@@H]9c9cccc(F)c9)nn78)C6)CC5)C4)cc3C2=O)C(=O)N1. The lowest BCUT2D eigenvalue weighted by molar-refractivity contribution is -0.136. The van der Waals surface area contributed by atoms with Crippen molar-refractivity contribution in [1.82, 2.24) is 34.6 Å². The third-order valence-corrected chi connectivity index (χ3v) is 12.7. The molecule has 56 heavy (non-hydrogen) atoms. The van der Waals surface area contributed by atoms with E-state index < -0.39 is 23.8 Å². The summed E-state index contributed by atoms with van der Waals surface area (Å²) in [5.41, 5.74) is 5.63. The average molecular weight is 758 g/mol. The van der Waals surface area contributed by atoms with Crippen molar-refractivity contribution in [3.8, 4) is 0 Å². The number of imide groups is 2. The van der Waals surface area contributed by atoms with E-state index in [0.29, 0.717) is 23.1 Å². The summed E-state index contributed by atoms with van der Waals surface area (Å²) in [5, 5.41) is 7.33. The smallest absolute Gasteiger partial charge is 0.262 e. The zero-order valence-corrected chi connectivity index (χ0v) is 31.1. The van der Waals surface area contributed by atoms with E-state index in [1.165, 1.54) is 11.6 Å². The van der Waals surface area contributed by atoms with Crippen molar-refractivity contribution in [2.45, 2.75) is 56.7 Å². The van der Waals surface area contributed by atoms with Crippen molar-refractivity contribution in [1.29, 1.82) is 0 Å². The molecule has 2 aromatic carbocycles. The number of hydrogen-bond donors (Lipinski definition) is 1. The van der Waals surface area contributed by atoms with Gasteiger partial charge < -0.3 is 14.7 Å². The maximum atomic E-state index is 14.1. The van der Waals surface area contributed by atoms with Gasteiger partial charge in [0.2, 0.25) is 11.8 Å². The van der Waals surface area contributed by atoms with E-state index in [0.717, 1.165) is 111 Å². The molecule has 1 N–H and O–H groups in total. The predicted molar refractivity (Wildman–Crippen MR) is 207 cm³/mol. The van der Waals surface area contributed by atoms with E-state index in [9.17, 15) is 23.6 Å². The monoisotopic (exact) mass is 757 g/mol. The number of rotatable bonds is 8. The number of carbonyl (C=O) groups is 4. The Labute approximate surface area is 323 Å². The molecule has 4 fully saturated rings. The summed E-state index contributed by atoms with van der Waals surface area (Å²) in [6, 6.07) is 16.0. The maximum Gasteiger partial charge on any atom is 0.262 e. The van der Waals surface area contributed by atoms with Gasteiger partial charge >= 0.3 is 0 Å². The normalized spacial score (nSPS) is 24.0. The van der Waals surface area contributed by atoms with Gasteiger partial charge in [-0.1, -0.05) is 18.2 Å². The van der Waals surface area contributed by atoms with Crippen molar-refractivity contribution in [3.05, 3.63) is 95.1 Å². The quantitative estimate of drug-likeness (QED) is 0.265. The Hall–Kier alpha value is -5.47. The van der Waals surface area contributed by atoms with Gasteiger partial charge in [0, 0.05) is 63.3 Å².